The van der Waals surface area contributed by atoms with E-state index in [1.165, 1.54) is 12.1 Å². The van der Waals surface area contributed by atoms with Gasteiger partial charge in [0.25, 0.3) is 5.69 Å². The van der Waals surface area contributed by atoms with Crippen molar-refractivity contribution in [2.45, 2.75) is 13.5 Å². The normalized spacial score (nSPS) is 10.4. The molecule has 0 saturated heterocycles. The Hall–Kier alpha value is -2.12. The number of non-ortho nitro benzene ring substituents is 1. The predicted molar refractivity (Wildman–Crippen MR) is 98.6 cm³/mol. The van der Waals surface area contributed by atoms with E-state index in [-0.39, 0.29) is 5.69 Å². The maximum atomic E-state index is 10.6. The van der Waals surface area contributed by atoms with Gasteiger partial charge < -0.3 is 15.4 Å². The van der Waals surface area contributed by atoms with Crippen LogP contribution < -0.4 is 15.4 Å². The molecule has 0 aliphatic rings. The molecular formula is C17H20BrN3O3. The molecule has 7 heteroatoms. The van der Waals surface area contributed by atoms with Gasteiger partial charge in [-0.25, -0.2) is 0 Å². The zero-order chi connectivity index (χ0) is 17.4. The first kappa shape index (κ1) is 18.2. The smallest absolute Gasteiger partial charge is 0.269 e. The molecule has 0 amide bonds. The van der Waals surface area contributed by atoms with Crippen molar-refractivity contribution in [2.75, 3.05) is 25.0 Å². The number of nitrogens with zero attached hydrogens (tertiary/aromatic N) is 1. The van der Waals surface area contributed by atoms with Gasteiger partial charge in [0.05, 0.1) is 11.5 Å². The molecular weight excluding hydrogens is 374 g/mol. The Labute approximate surface area is 149 Å². The van der Waals surface area contributed by atoms with Gasteiger partial charge in [0, 0.05) is 47.5 Å². The highest BCUT2D eigenvalue weighted by Crippen LogP contribution is 2.23. The quantitative estimate of drug-likeness (QED) is 0.383. The molecule has 0 heterocycles. The lowest BCUT2D eigenvalue weighted by atomic mass is 10.2. The summed E-state index contributed by atoms with van der Waals surface area (Å²) in [5, 5.41) is 17.2. The molecule has 0 aromatic heterocycles. The summed E-state index contributed by atoms with van der Waals surface area (Å²) >= 11 is 3.47. The molecule has 0 atom stereocenters. The zero-order valence-corrected chi connectivity index (χ0v) is 15.0. The lowest BCUT2D eigenvalue weighted by molar-refractivity contribution is -0.384. The van der Waals surface area contributed by atoms with Crippen LogP contribution in [0.4, 0.5) is 11.4 Å². The monoisotopic (exact) mass is 393 g/mol. The van der Waals surface area contributed by atoms with Crippen LogP contribution in [0.25, 0.3) is 0 Å². The number of ether oxygens (including phenoxy) is 1. The van der Waals surface area contributed by atoms with Crippen LogP contribution in [0.3, 0.4) is 0 Å². The van der Waals surface area contributed by atoms with Crippen molar-refractivity contribution < 1.29 is 9.66 Å². The number of hydrogen-bond acceptors (Lipinski definition) is 5. The summed E-state index contributed by atoms with van der Waals surface area (Å²) in [5.41, 5.74) is 2.05. The van der Waals surface area contributed by atoms with E-state index in [4.69, 9.17) is 4.74 Å². The Kier molecular flexibility index (Phi) is 7.02. The molecule has 24 heavy (non-hydrogen) atoms. The molecule has 6 nitrogen and oxygen atoms in total. The summed E-state index contributed by atoms with van der Waals surface area (Å²) in [7, 11) is 0. The second kappa shape index (κ2) is 9.24. The summed E-state index contributed by atoms with van der Waals surface area (Å²) in [5.74, 6) is 0.886. The molecule has 2 aromatic rings. The van der Waals surface area contributed by atoms with Crippen LogP contribution in [0.15, 0.2) is 46.9 Å². The standard InChI is InChI=1S/C17H20BrN3O3/c1-2-24-17-8-3-14(18)11-13(17)12-19-9-10-20-15-4-6-16(7-5-15)21(22)23/h3-8,11,19-20H,2,9-10,12H2,1H3. The molecule has 0 unspecified atom stereocenters. The average molecular weight is 394 g/mol. The first-order valence-corrected chi connectivity index (χ1v) is 8.49. The highest BCUT2D eigenvalue weighted by Gasteiger charge is 2.05. The van der Waals surface area contributed by atoms with Crippen molar-refractivity contribution in [2.24, 2.45) is 0 Å². The zero-order valence-electron chi connectivity index (χ0n) is 13.4. The number of nitrogens with one attached hydrogen (secondary N) is 2. The number of hydrogen-bond donors (Lipinski definition) is 2. The predicted octanol–water partition coefficient (Wildman–Crippen LogP) is 3.96. The van der Waals surface area contributed by atoms with Crippen molar-refractivity contribution in [1.29, 1.82) is 0 Å². The molecule has 0 spiro atoms. The minimum Gasteiger partial charge on any atom is -0.494 e. The fourth-order valence-electron chi connectivity index (χ4n) is 2.20. The number of rotatable bonds is 9. The molecule has 2 N–H and O–H groups in total. The van der Waals surface area contributed by atoms with Gasteiger partial charge in [-0.05, 0) is 37.3 Å². The minimum absolute atomic E-state index is 0.0942. The third-order valence-corrected chi connectivity index (χ3v) is 3.84. The third kappa shape index (κ3) is 5.50. The van der Waals surface area contributed by atoms with Crippen LogP contribution in [0, 0.1) is 10.1 Å². The molecule has 0 aliphatic carbocycles. The van der Waals surface area contributed by atoms with E-state index >= 15 is 0 Å². The average Bonchev–Trinajstić information content (AvgIpc) is 2.57. The molecule has 0 radical (unpaired) electrons. The molecule has 128 valence electrons. The molecule has 2 aromatic carbocycles. The summed E-state index contributed by atoms with van der Waals surface area (Å²) < 4.78 is 6.64. The summed E-state index contributed by atoms with van der Waals surface area (Å²) in [6.45, 7) is 4.78. The second-order valence-corrected chi connectivity index (χ2v) is 6.01. The van der Waals surface area contributed by atoms with Crippen LogP contribution in [-0.4, -0.2) is 24.6 Å². The number of benzene rings is 2. The van der Waals surface area contributed by atoms with E-state index in [0.29, 0.717) is 13.2 Å². The van der Waals surface area contributed by atoms with Crippen LogP contribution in [0.2, 0.25) is 0 Å². The maximum Gasteiger partial charge on any atom is 0.269 e. The number of nitro groups is 1. The van der Waals surface area contributed by atoms with E-state index < -0.39 is 4.92 Å². The van der Waals surface area contributed by atoms with E-state index in [2.05, 4.69) is 26.6 Å². The highest BCUT2D eigenvalue weighted by molar-refractivity contribution is 9.10. The lowest BCUT2D eigenvalue weighted by Gasteiger charge is -2.12. The van der Waals surface area contributed by atoms with E-state index in [1.807, 2.05) is 25.1 Å². The summed E-state index contributed by atoms with van der Waals surface area (Å²) in [6, 6.07) is 12.4. The van der Waals surface area contributed by atoms with Crippen molar-refractivity contribution in [1.82, 2.24) is 5.32 Å². The van der Waals surface area contributed by atoms with Crippen molar-refractivity contribution in [3.63, 3.8) is 0 Å². The van der Waals surface area contributed by atoms with Gasteiger partial charge in [0.2, 0.25) is 0 Å². The Morgan fingerprint density at radius 3 is 2.58 bits per heavy atom. The Balaban J connectivity index is 1.77. The first-order chi connectivity index (χ1) is 11.6. The van der Waals surface area contributed by atoms with Crippen molar-refractivity contribution in [3.05, 3.63) is 62.6 Å². The SMILES string of the molecule is CCOc1ccc(Br)cc1CNCCNc1ccc([N+](=O)[O-])cc1. The lowest BCUT2D eigenvalue weighted by Crippen LogP contribution is -2.22. The van der Waals surface area contributed by atoms with Gasteiger partial charge in [-0.3, -0.25) is 10.1 Å². The topological polar surface area (TPSA) is 76.4 Å². The number of nitro benzene ring substituents is 1. The molecule has 0 aliphatic heterocycles. The summed E-state index contributed by atoms with van der Waals surface area (Å²) in [6.07, 6.45) is 0. The Morgan fingerprint density at radius 2 is 1.92 bits per heavy atom. The van der Waals surface area contributed by atoms with Gasteiger partial charge in [0.1, 0.15) is 5.75 Å². The van der Waals surface area contributed by atoms with Crippen LogP contribution in [-0.2, 0) is 6.54 Å². The van der Waals surface area contributed by atoms with E-state index in [0.717, 1.165) is 34.6 Å². The maximum absolute atomic E-state index is 10.6. The third-order valence-electron chi connectivity index (χ3n) is 3.35. The van der Waals surface area contributed by atoms with E-state index in [9.17, 15) is 10.1 Å². The molecule has 0 saturated carbocycles. The van der Waals surface area contributed by atoms with E-state index in [1.54, 1.807) is 12.1 Å². The van der Waals surface area contributed by atoms with Crippen LogP contribution in [0.5, 0.6) is 5.75 Å². The van der Waals surface area contributed by atoms with Gasteiger partial charge in [-0.2, -0.15) is 0 Å². The van der Waals surface area contributed by atoms with Gasteiger partial charge >= 0.3 is 0 Å². The van der Waals surface area contributed by atoms with Crippen molar-refractivity contribution in [3.8, 4) is 5.75 Å². The van der Waals surface area contributed by atoms with Crippen LogP contribution >= 0.6 is 15.9 Å². The molecule has 2 rings (SSSR count). The number of halogens is 1. The van der Waals surface area contributed by atoms with Gasteiger partial charge in [0.15, 0.2) is 0 Å². The highest BCUT2D eigenvalue weighted by atomic mass is 79.9. The van der Waals surface area contributed by atoms with Gasteiger partial charge in [-0.15, -0.1) is 0 Å². The minimum atomic E-state index is -0.403. The van der Waals surface area contributed by atoms with Crippen LogP contribution in [0.1, 0.15) is 12.5 Å². The first-order valence-electron chi connectivity index (χ1n) is 7.70. The van der Waals surface area contributed by atoms with Gasteiger partial charge in [-0.1, -0.05) is 15.9 Å². The largest absolute Gasteiger partial charge is 0.494 e. The number of anilines is 1. The van der Waals surface area contributed by atoms with Crippen molar-refractivity contribution >= 4 is 27.3 Å². The fraction of sp³-hybridized carbons (Fsp3) is 0.294. The Bertz CT molecular complexity index is 677. The Morgan fingerprint density at radius 1 is 1.17 bits per heavy atom. The molecule has 0 fully saturated rings. The second-order valence-electron chi connectivity index (χ2n) is 5.09. The fourth-order valence-corrected chi connectivity index (χ4v) is 2.61. The summed E-state index contributed by atoms with van der Waals surface area (Å²) in [4.78, 5) is 10.2. The molecule has 0 bridgehead atoms.